The number of hydrogen-bond acceptors (Lipinski definition) is 6. The quantitative estimate of drug-likeness (QED) is 0.437. The molecule has 1 aliphatic heterocycles. The molecular formula is C16H20N2O4S. The van der Waals surface area contributed by atoms with E-state index in [2.05, 4.69) is 0 Å². The zero-order valence-corrected chi connectivity index (χ0v) is 13.8. The molecule has 0 spiro atoms. The highest BCUT2D eigenvalue weighted by Crippen LogP contribution is 2.22. The van der Waals surface area contributed by atoms with E-state index in [0.717, 1.165) is 0 Å². The maximum atomic E-state index is 12.2. The number of ether oxygens (including phenoxy) is 1. The van der Waals surface area contributed by atoms with Crippen molar-refractivity contribution in [3.63, 3.8) is 0 Å². The van der Waals surface area contributed by atoms with Gasteiger partial charge in [-0.2, -0.15) is 11.8 Å². The Morgan fingerprint density at radius 2 is 1.87 bits per heavy atom. The lowest BCUT2D eigenvalue weighted by Crippen LogP contribution is -2.32. The SMILES string of the molecule is CCOC(=O)CC(N)CSCCN1C(=O)c2ccccc2C1=O. The zero-order chi connectivity index (χ0) is 16.8. The summed E-state index contributed by atoms with van der Waals surface area (Å²) < 4.78 is 4.84. The summed E-state index contributed by atoms with van der Waals surface area (Å²) >= 11 is 1.51. The number of fused-ring (bicyclic) bond motifs is 1. The molecule has 1 unspecified atom stereocenters. The van der Waals surface area contributed by atoms with E-state index in [0.29, 0.717) is 35.8 Å². The van der Waals surface area contributed by atoms with Crippen LogP contribution in [0.3, 0.4) is 0 Å². The van der Waals surface area contributed by atoms with E-state index in [9.17, 15) is 14.4 Å². The molecule has 1 aromatic rings. The molecule has 2 rings (SSSR count). The van der Waals surface area contributed by atoms with E-state index in [1.807, 2.05) is 0 Å². The average molecular weight is 336 g/mol. The van der Waals surface area contributed by atoms with Crippen LogP contribution >= 0.6 is 11.8 Å². The minimum atomic E-state index is -0.305. The monoisotopic (exact) mass is 336 g/mol. The third-order valence-electron chi connectivity index (χ3n) is 3.40. The number of carbonyl (C=O) groups is 3. The Morgan fingerprint density at radius 1 is 1.26 bits per heavy atom. The van der Waals surface area contributed by atoms with Crippen LogP contribution in [-0.4, -0.2) is 53.4 Å². The molecule has 2 amide bonds. The molecule has 0 saturated carbocycles. The van der Waals surface area contributed by atoms with Gasteiger partial charge in [-0.05, 0) is 19.1 Å². The Morgan fingerprint density at radius 3 is 2.43 bits per heavy atom. The van der Waals surface area contributed by atoms with Crippen molar-refractivity contribution in [3.8, 4) is 0 Å². The molecule has 0 aromatic heterocycles. The van der Waals surface area contributed by atoms with Crippen LogP contribution in [0, 0.1) is 0 Å². The van der Waals surface area contributed by atoms with Gasteiger partial charge in [-0.25, -0.2) is 0 Å². The minimum Gasteiger partial charge on any atom is -0.466 e. The highest BCUT2D eigenvalue weighted by Gasteiger charge is 2.34. The van der Waals surface area contributed by atoms with Crippen molar-refractivity contribution in [2.24, 2.45) is 5.73 Å². The van der Waals surface area contributed by atoms with Crippen LogP contribution < -0.4 is 5.73 Å². The van der Waals surface area contributed by atoms with Crippen LogP contribution in [-0.2, 0) is 9.53 Å². The van der Waals surface area contributed by atoms with Gasteiger partial charge < -0.3 is 10.5 Å². The van der Waals surface area contributed by atoms with Gasteiger partial charge in [0.1, 0.15) is 0 Å². The molecule has 1 atom stereocenters. The number of nitrogens with zero attached hydrogens (tertiary/aromatic N) is 1. The summed E-state index contributed by atoms with van der Waals surface area (Å²) in [6.07, 6.45) is 0.174. The molecule has 0 aliphatic carbocycles. The van der Waals surface area contributed by atoms with Gasteiger partial charge in [-0.1, -0.05) is 12.1 Å². The van der Waals surface area contributed by atoms with Gasteiger partial charge in [0, 0.05) is 24.1 Å². The molecule has 1 aromatic carbocycles. The highest BCUT2D eigenvalue weighted by atomic mass is 32.2. The van der Waals surface area contributed by atoms with Gasteiger partial charge in [0.2, 0.25) is 0 Å². The van der Waals surface area contributed by atoms with Gasteiger partial charge in [-0.3, -0.25) is 19.3 Å². The first-order valence-electron chi connectivity index (χ1n) is 7.48. The minimum absolute atomic E-state index is 0.174. The van der Waals surface area contributed by atoms with Gasteiger partial charge in [-0.15, -0.1) is 0 Å². The number of thioether (sulfide) groups is 1. The second-order valence-corrected chi connectivity index (χ2v) is 6.30. The van der Waals surface area contributed by atoms with Crippen LogP contribution in [0.5, 0.6) is 0 Å². The van der Waals surface area contributed by atoms with Gasteiger partial charge >= 0.3 is 5.97 Å². The van der Waals surface area contributed by atoms with E-state index in [1.54, 1.807) is 31.2 Å². The fourth-order valence-electron chi connectivity index (χ4n) is 2.33. The van der Waals surface area contributed by atoms with Crippen LogP contribution in [0.2, 0.25) is 0 Å². The summed E-state index contributed by atoms with van der Waals surface area (Å²) in [6.45, 7) is 2.43. The molecule has 0 saturated heterocycles. The van der Waals surface area contributed by atoms with Crippen molar-refractivity contribution in [1.29, 1.82) is 0 Å². The lowest BCUT2D eigenvalue weighted by Gasteiger charge is -2.14. The summed E-state index contributed by atoms with van der Waals surface area (Å²) in [4.78, 5) is 36.9. The normalized spacial score (nSPS) is 14.8. The molecule has 7 heteroatoms. The van der Waals surface area contributed by atoms with Crippen molar-refractivity contribution in [3.05, 3.63) is 35.4 Å². The Labute approximate surface area is 139 Å². The Hall–Kier alpha value is -1.86. The molecule has 1 heterocycles. The third-order valence-corrected chi connectivity index (χ3v) is 4.54. The van der Waals surface area contributed by atoms with Gasteiger partial charge in [0.15, 0.2) is 0 Å². The summed E-state index contributed by atoms with van der Waals surface area (Å²) in [6, 6.07) is 6.53. The van der Waals surface area contributed by atoms with Crippen LogP contribution in [0.4, 0.5) is 0 Å². The predicted molar refractivity (Wildman–Crippen MR) is 88.4 cm³/mol. The number of esters is 1. The van der Waals surface area contributed by atoms with Crippen molar-refractivity contribution in [2.45, 2.75) is 19.4 Å². The van der Waals surface area contributed by atoms with E-state index in [1.165, 1.54) is 16.7 Å². The van der Waals surface area contributed by atoms with E-state index in [-0.39, 0.29) is 30.2 Å². The molecule has 0 fully saturated rings. The van der Waals surface area contributed by atoms with Gasteiger partial charge in [0.25, 0.3) is 11.8 Å². The highest BCUT2D eigenvalue weighted by molar-refractivity contribution is 7.99. The molecule has 1 aliphatic rings. The summed E-state index contributed by atoms with van der Waals surface area (Å²) in [5.41, 5.74) is 6.77. The molecule has 0 bridgehead atoms. The zero-order valence-electron chi connectivity index (χ0n) is 13.0. The Bertz CT molecular complexity index is 570. The number of amides is 2. The molecule has 124 valence electrons. The van der Waals surface area contributed by atoms with E-state index < -0.39 is 0 Å². The Kier molecular flexibility index (Phi) is 6.18. The number of carbonyl (C=O) groups excluding carboxylic acids is 3. The number of imide groups is 1. The second-order valence-electron chi connectivity index (χ2n) is 5.15. The first kappa shape index (κ1) is 17.5. The summed E-state index contributed by atoms with van der Waals surface area (Å²) in [7, 11) is 0. The summed E-state index contributed by atoms with van der Waals surface area (Å²) in [5.74, 6) is 0.356. The van der Waals surface area contributed by atoms with Crippen molar-refractivity contribution in [2.75, 3.05) is 24.7 Å². The first-order valence-corrected chi connectivity index (χ1v) is 8.64. The lowest BCUT2D eigenvalue weighted by molar-refractivity contribution is -0.143. The summed E-state index contributed by atoms with van der Waals surface area (Å²) in [5, 5.41) is 0. The smallest absolute Gasteiger partial charge is 0.307 e. The van der Waals surface area contributed by atoms with E-state index in [4.69, 9.17) is 10.5 Å². The molecule has 23 heavy (non-hydrogen) atoms. The predicted octanol–water partition coefficient (Wildman–Crippen LogP) is 1.30. The standard InChI is InChI=1S/C16H20N2O4S/c1-2-22-14(19)9-11(17)10-23-8-7-18-15(20)12-5-3-4-6-13(12)16(18)21/h3-6,11H,2,7-10,17H2,1H3. The number of rotatable bonds is 8. The van der Waals surface area contributed by atoms with Crippen LogP contribution in [0.25, 0.3) is 0 Å². The maximum Gasteiger partial charge on any atom is 0.307 e. The lowest BCUT2D eigenvalue weighted by atomic mass is 10.1. The van der Waals surface area contributed by atoms with Crippen molar-refractivity contribution < 1.29 is 19.1 Å². The molecular weight excluding hydrogens is 316 g/mol. The van der Waals surface area contributed by atoms with Crippen LogP contribution in [0.15, 0.2) is 24.3 Å². The molecule has 6 nitrogen and oxygen atoms in total. The van der Waals surface area contributed by atoms with Gasteiger partial charge in [0.05, 0.1) is 24.2 Å². The topological polar surface area (TPSA) is 89.7 Å². The number of hydrogen-bond donors (Lipinski definition) is 1. The Balaban J connectivity index is 1.74. The largest absolute Gasteiger partial charge is 0.466 e. The number of nitrogens with two attached hydrogens (primary N) is 1. The number of benzene rings is 1. The van der Waals surface area contributed by atoms with Crippen LogP contribution in [0.1, 0.15) is 34.1 Å². The van der Waals surface area contributed by atoms with Crippen molar-refractivity contribution in [1.82, 2.24) is 4.90 Å². The van der Waals surface area contributed by atoms with E-state index >= 15 is 0 Å². The fraction of sp³-hybridized carbons (Fsp3) is 0.438. The fourth-order valence-corrected chi connectivity index (χ4v) is 3.22. The van der Waals surface area contributed by atoms with Crippen molar-refractivity contribution >= 4 is 29.5 Å². The third kappa shape index (κ3) is 4.33. The first-order chi connectivity index (χ1) is 11.0. The second kappa shape index (κ2) is 8.12. The molecule has 2 N–H and O–H groups in total. The molecule has 0 radical (unpaired) electrons. The maximum absolute atomic E-state index is 12.2. The average Bonchev–Trinajstić information content (AvgIpc) is 2.76.